The summed E-state index contributed by atoms with van der Waals surface area (Å²) in [7, 11) is 0. The van der Waals surface area contributed by atoms with Crippen LogP contribution >= 0.6 is 0 Å². The summed E-state index contributed by atoms with van der Waals surface area (Å²) in [6.45, 7) is 10.5. The maximum Gasteiger partial charge on any atom is 0.292 e. The molecule has 3 heterocycles. The van der Waals surface area contributed by atoms with Crippen LogP contribution in [0.5, 0.6) is 0 Å². The van der Waals surface area contributed by atoms with Gasteiger partial charge in [-0.05, 0) is 26.0 Å². The van der Waals surface area contributed by atoms with Gasteiger partial charge in [-0.2, -0.15) is 0 Å². The van der Waals surface area contributed by atoms with Crippen molar-refractivity contribution in [2.24, 2.45) is 5.41 Å². The van der Waals surface area contributed by atoms with Gasteiger partial charge in [0, 0.05) is 37.4 Å². The minimum Gasteiger partial charge on any atom is -0.459 e. The molecule has 0 aromatic carbocycles. The fourth-order valence-electron chi connectivity index (χ4n) is 4.00. The highest BCUT2D eigenvalue weighted by Crippen LogP contribution is 2.39. The Morgan fingerprint density at radius 3 is 2.38 bits per heavy atom. The molecule has 2 saturated heterocycles. The zero-order chi connectivity index (χ0) is 21.4. The lowest BCUT2D eigenvalue weighted by molar-refractivity contribution is -0.150. The van der Waals surface area contributed by atoms with E-state index in [9.17, 15) is 14.4 Å². The second-order valence-corrected chi connectivity index (χ2v) is 9.13. The van der Waals surface area contributed by atoms with E-state index in [1.54, 1.807) is 12.1 Å². The van der Waals surface area contributed by atoms with Crippen LogP contribution < -0.4 is 5.32 Å². The number of nitrogens with zero attached hydrogens (tertiary/aromatic N) is 2. The van der Waals surface area contributed by atoms with Crippen molar-refractivity contribution in [3.8, 4) is 0 Å². The molecule has 1 spiro atoms. The average molecular weight is 405 g/mol. The lowest BCUT2D eigenvalue weighted by atomic mass is 9.91. The molecule has 8 nitrogen and oxygen atoms in total. The summed E-state index contributed by atoms with van der Waals surface area (Å²) < 4.78 is 11.4. The number of carbonyl (C=O) groups is 3. The molecule has 2 fully saturated rings. The molecule has 1 atom stereocenters. The first kappa shape index (κ1) is 21.4. The summed E-state index contributed by atoms with van der Waals surface area (Å²) in [6.07, 6.45) is 2.34. The molecule has 2 aliphatic rings. The van der Waals surface area contributed by atoms with Crippen LogP contribution in [0.4, 0.5) is 0 Å². The van der Waals surface area contributed by atoms with E-state index in [2.05, 4.69) is 5.32 Å². The Hall–Kier alpha value is -2.35. The molecule has 29 heavy (non-hydrogen) atoms. The molecule has 8 heteroatoms. The van der Waals surface area contributed by atoms with Crippen molar-refractivity contribution in [1.29, 1.82) is 0 Å². The molecule has 0 unspecified atom stereocenters. The van der Waals surface area contributed by atoms with Gasteiger partial charge >= 0.3 is 0 Å². The molecule has 0 bridgehead atoms. The molecule has 1 N–H and O–H groups in total. The van der Waals surface area contributed by atoms with E-state index in [0.717, 1.165) is 0 Å². The third-order valence-corrected chi connectivity index (χ3v) is 5.42. The molecule has 160 valence electrons. The largest absolute Gasteiger partial charge is 0.459 e. The SMILES string of the molecule is CC(C)NC(=O)[C@@H]1COC2(CCN(C(=O)C(C)(C)C)CC2)N1C(=O)c1ccco1. The van der Waals surface area contributed by atoms with Gasteiger partial charge in [0.25, 0.3) is 5.91 Å². The Labute approximate surface area is 171 Å². The lowest BCUT2D eigenvalue weighted by Gasteiger charge is -2.45. The number of hydrogen-bond donors (Lipinski definition) is 1. The van der Waals surface area contributed by atoms with E-state index in [1.165, 1.54) is 11.2 Å². The van der Waals surface area contributed by atoms with E-state index in [0.29, 0.717) is 25.9 Å². The Bertz CT molecular complexity index is 758. The van der Waals surface area contributed by atoms with E-state index >= 15 is 0 Å². The molecule has 0 saturated carbocycles. The van der Waals surface area contributed by atoms with Crippen LogP contribution in [0, 0.1) is 5.41 Å². The van der Waals surface area contributed by atoms with Gasteiger partial charge < -0.3 is 19.4 Å². The predicted octanol–water partition coefficient (Wildman–Crippen LogP) is 2.01. The smallest absolute Gasteiger partial charge is 0.292 e. The maximum atomic E-state index is 13.2. The second-order valence-electron chi connectivity index (χ2n) is 9.13. The summed E-state index contributed by atoms with van der Waals surface area (Å²) in [4.78, 5) is 42.0. The van der Waals surface area contributed by atoms with Crippen LogP contribution in [0.25, 0.3) is 0 Å². The predicted molar refractivity (Wildman–Crippen MR) is 106 cm³/mol. The van der Waals surface area contributed by atoms with Gasteiger partial charge in [-0.3, -0.25) is 19.3 Å². The summed E-state index contributed by atoms with van der Waals surface area (Å²) in [5.41, 5.74) is -1.39. The number of furan rings is 1. The molecular weight excluding hydrogens is 374 g/mol. The first-order chi connectivity index (χ1) is 13.5. The van der Waals surface area contributed by atoms with Crippen molar-refractivity contribution >= 4 is 17.7 Å². The molecule has 3 rings (SSSR count). The van der Waals surface area contributed by atoms with Gasteiger partial charge in [0.1, 0.15) is 11.8 Å². The number of carbonyl (C=O) groups excluding carboxylic acids is 3. The normalized spacial score (nSPS) is 21.7. The number of piperidine rings is 1. The number of rotatable bonds is 3. The zero-order valence-electron chi connectivity index (χ0n) is 17.9. The van der Waals surface area contributed by atoms with E-state index in [1.807, 2.05) is 39.5 Å². The summed E-state index contributed by atoms with van der Waals surface area (Å²) >= 11 is 0. The average Bonchev–Trinajstić information content (AvgIpc) is 3.28. The second kappa shape index (κ2) is 7.82. The van der Waals surface area contributed by atoms with Crippen molar-refractivity contribution in [2.75, 3.05) is 19.7 Å². The van der Waals surface area contributed by atoms with Gasteiger partial charge in [-0.15, -0.1) is 0 Å². The van der Waals surface area contributed by atoms with Crippen LogP contribution in [0.2, 0.25) is 0 Å². The van der Waals surface area contributed by atoms with Crippen molar-refractivity contribution in [1.82, 2.24) is 15.1 Å². The van der Waals surface area contributed by atoms with Crippen LogP contribution in [0.15, 0.2) is 22.8 Å². The molecule has 0 radical (unpaired) electrons. The van der Waals surface area contributed by atoms with Crippen molar-refractivity contribution in [3.05, 3.63) is 24.2 Å². The first-order valence-corrected chi connectivity index (χ1v) is 10.2. The molecule has 1 aromatic rings. The van der Waals surface area contributed by atoms with Crippen molar-refractivity contribution < 1.29 is 23.5 Å². The quantitative estimate of drug-likeness (QED) is 0.831. The third-order valence-electron chi connectivity index (χ3n) is 5.42. The minimum atomic E-state index is -0.919. The molecule has 2 aliphatic heterocycles. The molecular formula is C21H31N3O5. The number of likely N-dealkylation sites (tertiary alicyclic amines) is 1. The van der Waals surface area contributed by atoms with E-state index < -0.39 is 17.2 Å². The van der Waals surface area contributed by atoms with Crippen LogP contribution in [0.1, 0.15) is 58.0 Å². The summed E-state index contributed by atoms with van der Waals surface area (Å²) in [6, 6.07) is 2.44. The highest BCUT2D eigenvalue weighted by molar-refractivity contribution is 5.96. The van der Waals surface area contributed by atoms with Crippen LogP contribution in [0.3, 0.4) is 0 Å². The Balaban J connectivity index is 1.85. The van der Waals surface area contributed by atoms with Gasteiger partial charge in [0.2, 0.25) is 11.8 Å². The standard InChI is InChI=1S/C21H31N3O5/c1-14(2)22-17(25)15-13-29-21(24(15)18(26)16-7-6-12-28-16)8-10-23(11-9-21)19(27)20(3,4)5/h6-7,12,14-15H,8-11,13H2,1-5H3,(H,22,25)/t15-/m0/s1. The molecule has 1 aromatic heterocycles. The van der Waals surface area contributed by atoms with Gasteiger partial charge in [0.05, 0.1) is 12.9 Å². The summed E-state index contributed by atoms with van der Waals surface area (Å²) in [5, 5.41) is 2.88. The highest BCUT2D eigenvalue weighted by atomic mass is 16.5. The number of hydrogen-bond acceptors (Lipinski definition) is 5. The first-order valence-electron chi connectivity index (χ1n) is 10.2. The fourth-order valence-corrected chi connectivity index (χ4v) is 4.00. The Morgan fingerprint density at radius 1 is 1.21 bits per heavy atom. The maximum absolute atomic E-state index is 13.2. The van der Waals surface area contributed by atoms with Crippen LogP contribution in [-0.4, -0.2) is 65.0 Å². The Kier molecular flexibility index (Phi) is 5.76. The van der Waals surface area contributed by atoms with Gasteiger partial charge in [-0.25, -0.2) is 0 Å². The fraction of sp³-hybridized carbons (Fsp3) is 0.667. The topological polar surface area (TPSA) is 92.1 Å². The number of nitrogens with one attached hydrogen (secondary N) is 1. The van der Waals surface area contributed by atoms with Gasteiger partial charge in [0.15, 0.2) is 5.76 Å². The minimum absolute atomic E-state index is 0.0501. The molecule has 0 aliphatic carbocycles. The van der Waals surface area contributed by atoms with Crippen molar-refractivity contribution in [3.63, 3.8) is 0 Å². The third kappa shape index (κ3) is 4.17. The van der Waals surface area contributed by atoms with E-state index in [4.69, 9.17) is 9.15 Å². The highest BCUT2D eigenvalue weighted by Gasteiger charge is 2.55. The summed E-state index contributed by atoms with van der Waals surface area (Å²) in [5.74, 6) is -0.370. The van der Waals surface area contributed by atoms with Crippen molar-refractivity contribution in [2.45, 2.75) is 65.3 Å². The van der Waals surface area contributed by atoms with Gasteiger partial charge in [-0.1, -0.05) is 20.8 Å². The molecule has 3 amide bonds. The Morgan fingerprint density at radius 2 is 1.86 bits per heavy atom. The van der Waals surface area contributed by atoms with Crippen LogP contribution in [-0.2, 0) is 14.3 Å². The monoisotopic (exact) mass is 405 g/mol. The van der Waals surface area contributed by atoms with E-state index in [-0.39, 0.29) is 36.1 Å². The number of amides is 3. The number of ether oxygens (including phenoxy) is 1. The zero-order valence-corrected chi connectivity index (χ0v) is 17.9. The lowest BCUT2D eigenvalue weighted by Crippen LogP contribution is -2.60.